The van der Waals surface area contributed by atoms with Crippen LogP contribution in [0.2, 0.25) is 5.02 Å². The summed E-state index contributed by atoms with van der Waals surface area (Å²) in [5.74, 6) is 0.663. The van der Waals surface area contributed by atoms with Crippen LogP contribution in [-0.2, 0) is 4.79 Å². The molecular weight excluding hydrogens is 412 g/mol. The molecule has 1 amide bonds. The number of benzene rings is 2. The van der Waals surface area contributed by atoms with Crippen molar-refractivity contribution in [2.24, 2.45) is 0 Å². The van der Waals surface area contributed by atoms with Crippen LogP contribution in [0.3, 0.4) is 0 Å². The van der Waals surface area contributed by atoms with Crippen molar-refractivity contribution in [3.05, 3.63) is 59.9 Å². The zero-order valence-electron chi connectivity index (χ0n) is 15.2. The Morgan fingerprint density at radius 1 is 1.21 bits per heavy atom. The molecule has 0 aliphatic carbocycles. The number of aromatic nitrogens is 5. The Bertz CT molecular complexity index is 1180. The van der Waals surface area contributed by atoms with Gasteiger partial charge in [0.05, 0.1) is 18.6 Å². The minimum Gasteiger partial charge on any atom is -0.497 e. The van der Waals surface area contributed by atoms with Crippen LogP contribution in [-0.4, -0.2) is 43.7 Å². The van der Waals surface area contributed by atoms with Crippen LogP contribution in [0, 0.1) is 0 Å². The second-order valence-corrected chi connectivity index (χ2v) is 7.30. The molecule has 1 N–H and O–H groups in total. The van der Waals surface area contributed by atoms with Gasteiger partial charge in [0.25, 0.3) is 0 Å². The van der Waals surface area contributed by atoms with E-state index in [0.717, 1.165) is 5.69 Å². The predicted molar refractivity (Wildman–Crippen MR) is 112 cm³/mol. The van der Waals surface area contributed by atoms with E-state index in [4.69, 9.17) is 16.3 Å². The van der Waals surface area contributed by atoms with Crippen LogP contribution in [0.25, 0.3) is 16.9 Å². The Balaban J connectivity index is 1.50. The van der Waals surface area contributed by atoms with E-state index in [-0.39, 0.29) is 11.7 Å². The molecule has 0 bridgehead atoms. The summed E-state index contributed by atoms with van der Waals surface area (Å²) in [4.78, 5) is 20.8. The number of amides is 1. The summed E-state index contributed by atoms with van der Waals surface area (Å²) in [5.41, 5.74) is 2.46. The summed E-state index contributed by atoms with van der Waals surface area (Å²) in [6.45, 7) is 0. The van der Waals surface area contributed by atoms with Gasteiger partial charge >= 0.3 is 0 Å². The van der Waals surface area contributed by atoms with Crippen LogP contribution in [0.15, 0.2) is 59.9 Å². The number of nitrogens with zero attached hydrogens (tertiary/aromatic N) is 5. The smallest absolute Gasteiger partial charge is 0.234 e. The summed E-state index contributed by atoms with van der Waals surface area (Å²) in [6, 6.07) is 14.4. The fraction of sp³-hybridized carbons (Fsp3) is 0.105. The van der Waals surface area contributed by atoms with Gasteiger partial charge in [0.2, 0.25) is 5.91 Å². The molecule has 0 saturated carbocycles. The normalized spacial score (nSPS) is 10.8. The molecule has 0 saturated heterocycles. The third-order valence-electron chi connectivity index (χ3n) is 3.95. The molecule has 146 valence electrons. The van der Waals surface area contributed by atoms with Gasteiger partial charge in [-0.05, 0) is 30.3 Å². The average molecular weight is 427 g/mol. The lowest BCUT2D eigenvalue weighted by atomic mass is 10.3. The van der Waals surface area contributed by atoms with E-state index in [1.807, 2.05) is 24.3 Å². The number of carbonyl (C=O) groups excluding carboxylic acids is 1. The maximum atomic E-state index is 12.3. The molecule has 0 unspecified atom stereocenters. The Kier molecular flexibility index (Phi) is 5.59. The van der Waals surface area contributed by atoms with Crippen molar-refractivity contribution >= 4 is 46.1 Å². The topological polar surface area (TPSA) is 94.8 Å². The number of carbonyl (C=O) groups is 1. The highest BCUT2D eigenvalue weighted by Crippen LogP contribution is 2.25. The number of nitrogens with one attached hydrogen (secondary N) is 1. The van der Waals surface area contributed by atoms with Crippen molar-refractivity contribution in [2.75, 3.05) is 18.2 Å². The van der Waals surface area contributed by atoms with Crippen LogP contribution in [0.4, 0.5) is 5.69 Å². The van der Waals surface area contributed by atoms with E-state index in [2.05, 4.69) is 25.6 Å². The largest absolute Gasteiger partial charge is 0.497 e. The number of anilines is 1. The summed E-state index contributed by atoms with van der Waals surface area (Å²) >= 11 is 7.33. The molecule has 10 heteroatoms. The molecule has 0 fully saturated rings. The fourth-order valence-corrected chi connectivity index (χ4v) is 3.56. The number of hydrogen-bond donors (Lipinski definition) is 1. The first kappa shape index (κ1) is 19.2. The Hall–Kier alpha value is -3.17. The molecule has 2 heterocycles. The summed E-state index contributed by atoms with van der Waals surface area (Å²) in [5, 5.41) is 12.3. The minimum atomic E-state index is -0.169. The SMILES string of the molecule is COc1cccc(NC(=O)CSc2ncnc3c2nnn3-c2cccc(Cl)c2)c1. The number of fused-ring (bicyclic) bond motifs is 1. The Morgan fingerprint density at radius 3 is 2.90 bits per heavy atom. The van der Waals surface area contributed by atoms with Crippen LogP contribution < -0.4 is 10.1 Å². The zero-order valence-corrected chi connectivity index (χ0v) is 16.8. The highest BCUT2D eigenvalue weighted by molar-refractivity contribution is 8.00. The van der Waals surface area contributed by atoms with Gasteiger partial charge in [-0.25, -0.2) is 9.97 Å². The van der Waals surface area contributed by atoms with Crippen LogP contribution in [0.5, 0.6) is 5.75 Å². The van der Waals surface area contributed by atoms with Crippen molar-refractivity contribution < 1.29 is 9.53 Å². The second-order valence-electron chi connectivity index (χ2n) is 5.90. The molecule has 0 spiro atoms. The van der Waals surface area contributed by atoms with Crippen molar-refractivity contribution in [3.8, 4) is 11.4 Å². The van der Waals surface area contributed by atoms with Gasteiger partial charge in [-0.15, -0.1) is 5.10 Å². The number of hydrogen-bond acceptors (Lipinski definition) is 7. The summed E-state index contributed by atoms with van der Waals surface area (Å²) < 4.78 is 6.75. The van der Waals surface area contributed by atoms with E-state index in [9.17, 15) is 4.79 Å². The molecule has 0 atom stereocenters. The molecule has 4 rings (SSSR count). The van der Waals surface area contributed by atoms with Gasteiger partial charge in [0.15, 0.2) is 11.2 Å². The molecule has 29 heavy (non-hydrogen) atoms. The third-order valence-corrected chi connectivity index (χ3v) is 5.16. The van der Waals surface area contributed by atoms with Gasteiger partial charge in [-0.1, -0.05) is 40.7 Å². The van der Waals surface area contributed by atoms with Gasteiger partial charge in [0, 0.05) is 16.8 Å². The minimum absolute atomic E-state index is 0.160. The standard InChI is InChI=1S/C19H15ClN6O2S/c1-28-15-7-3-5-13(9-15)23-16(27)10-29-19-17-18(21-11-22-19)26(25-24-17)14-6-2-4-12(20)8-14/h2-9,11H,10H2,1H3,(H,23,27). The van der Waals surface area contributed by atoms with Gasteiger partial charge in [-0.2, -0.15) is 4.68 Å². The van der Waals surface area contributed by atoms with Crippen LogP contribution >= 0.6 is 23.4 Å². The predicted octanol–water partition coefficient (Wildman–Crippen LogP) is 3.60. The molecule has 2 aromatic heterocycles. The first-order valence-electron chi connectivity index (χ1n) is 8.53. The van der Waals surface area contributed by atoms with E-state index < -0.39 is 0 Å². The average Bonchev–Trinajstić information content (AvgIpc) is 3.17. The lowest BCUT2D eigenvalue weighted by Crippen LogP contribution is -2.14. The van der Waals surface area contributed by atoms with E-state index in [0.29, 0.717) is 32.6 Å². The van der Waals surface area contributed by atoms with Gasteiger partial charge in [-0.3, -0.25) is 4.79 Å². The van der Waals surface area contributed by atoms with Crippen LogP contribution in [0.1, 0.15) is 0 Å². The van der Waals surface area contributed by atoms with E-state index in [1.54, 1.807) is 36.1 Å². The molecule has 0 aliphatic heterocycles. The molecule has 0 aliphatic rings. The second kappa shape index (κ2) is 8.46. The monoisotopic (exact) mass is 426 g/mol. The lowest BCUT2D eigenvalue weighted by molar-refractivity contribution is -0.113. The number of thioether (sulfide) groups is 1. The highest BCUT2D eigenvalue weighted by Gasteiger charge is 2.15. The molecule has 0 radical (unpaired) electrons. The number of halogens is 1. The molecule has 2 aromatic carbocycles. The Morgan fingerprint density at radius 2 is 2.07 bits per heavy atom. The molecule has 4 aromatic rings. The first-order valence-corrected chi connectivity index (χ1v) is 9.89. The summed E-state index contributed by atoms with van der Waals surface area (Å²) in [6.07, 6.45) is 1.43. The zero-order chi connectivity index (χ0) is 20.2. The van der Waals surface area contributed by atoms with Crippen molar-refractivity contribution in [3.63, 3.8) is 0 Å². The highest BCUT2D eigenvalue weighted by atomic mass is 35.5. The van der Waals surface area contributed by atoms with Crippen molar-refractivity contribution in [1.29, 1.82) is 0 Å². The van der Waals surface area contributed by atoms with E-state index >= 15 is 0 Å². The number of rotatable bonds is 6. The van der Waals surface area contributed by atoms with Crippen molar-refractivity contribution in [2.45, 2.75) is 5.03 Å². The van der Waals surface area contributed by atoms with Gasteiger partial charge in [0.1, 0.15) is 17.1 Å². The maximum Gasteiger partial charge on any atom is 0.234 e. The van der Waals surface area contributed by atoms with Gasteiger partial charge < -0.3 is 10.1 Å². The van der Waals surface area contributed by atoms with E-state index in [1.165, 1.54) is 18.1 Å². The maximum absolute atomic E-state index is 12.3. The lowest BCUT2D eigenvalue weighted by Gasteiger charge is -2.07. The first-order chi connectivity index (χ1) is 14.1. The fourth-order valence-electron chi connectivity index (χ4n) is 2.65. The molecular formula is C19H15ClN6O2S. The number of ether oxygens (including phenoxy) is 1. The Labute approximate surface area is 175 Å². The molecule has 8 nitrogen and oxygen atoms in total. The third kappa shape index (κ3) is 4.30. The quantitative estimate of drug-likeness (QED) is 0.371. The van der Waals surface area contributed by atoms with Crippen molar-refractivity contribution in [1.82, 2.24) is 25.0 Å². The number of methoxy groups -OCH3 is 1. The summed E-state index contributed by atoms with van der Waals surface area (Å²) in [7, 11) is 1.58.